The fraction of sp³-hybridized carbons (Fsp3) is 0.727. The minimum atomic E-state index is 0.423. The van der Waals surface area contributed by atoms with E-state index in [9.17, 15) is 0 Å². The summed E-state index contributed by atoms with van der Waals surface area (Å²) in [5.41, 5.74) is 6.24. The summed E-state index contributed by atoms with van der Waals surface area (Å²) < 4.78 is 0. The molecule has 13 heavy (non-hydrogen) atoms. The van der Waals surface area contributed by atoms with E-state index in [-0.39, 0.29) is 0 Å². The molecule has 0 atom stereocenters. The SMILES string of the molecule is CC(C)(C)CCCCC(=N)/C=C\N. The van der Waals surface area contributed by atoms with Gasteiger partial charge in [0.1, 0.15) is 0 Å². The molecular formula is C11H22N2. The van der Waals surface area contributed by atoms with Crippen molar-refractivity contribution in [1.82, 2.24) is 0 Å². The summed E-state index contributed by atoms with van der Waals surface area (Å²) in [6.07, 6.45) is 7.48. The molecule has 0 fully saturated rings. The monoisotopic (exact) mass is 182 g/mol. The Kier molecular flexibility index (Phi) is 5.44. The van der Waals surface area contributed by atoms with Gasteiger partial charge in [0, 0.05) is 5.71 Å². The highest BCUT2D eigenvalue weighted by molar-refractivity contribution is 5.91. The number of allylic oxidation sites excluding steroid dienone is 1. The molecule has 3 N–H and O–H groups in total. The molecule has 0 saturated heterocycles. The van der Waals surface area contributed by atoms with Crippen LogP contribution in [0.1, 0.15) is 46.5 Å². The molecule has 0 saturated carbocycles. The van der Waals surface area contributed by atoms with Crippen molar-refractivity contribution in [3.05, 3.63) is 12.3 Å². The topological polar surface area (TPSA) is 49.9 Å². The molecule has 0 rings (SSSR count). The van der Waals surface area contributed by atoms with Gasteiger partial charge < -0.3 is 11.1 Å². The van der Waals surface area contributed by atoms with Gasteiger partial charge in [0.05, 0.1) is 0 Å². The first-order chi connectivity index (χ1) is 5.95. The van der Waals surface area contributed by atoms with Crippen LogP contribution in [0, 0.1) is 10.8 Å². The van der Waals surface area contributed by atoms with E-state index in [4.69, 9.17) is 11.1 Å². The molecule has 0 aliphatic heterocycles. The highest BCUT2D eigenvalue weighted by Crippen LogP contribution is 2.21. The highest BCUT2D eigenvalue weighted by Gasteiger charge is 2.08. The molecule has 0 aromatic rings. The number of nitrogens with one attached hydrogen (secondary N) is 1. The molecular weight excluding hydrogens is 160 g/mol. The number of unbranched alkanes of at least 4 members (excludes halogenated alkanes) is 1. The van der Waals surface area contributed by atoms with Crippen LogP contribution < -0.4 is 5.73 Å². The molecule has 0 aromatic carbocycles. The first-order valence-electron chi connectivity index (χ1n) is 4.91. The van der Waals surface area contributed by atoms with Crippen LogP contribution in [0.3, 0.4) is 0 Å². The van der Waals surface area contributed by atoms with Gasteiger partial charge in [-0.15, -0.1) is 0 Å². The number of rotatable bonds is 5. The fourth-order valence-electron chi connectivity index (χ4n) is 1.17. The van der Waals surface area contributed by atoms with E-state index >= 15 is 0 Å². The lowest BCUT2D eigenvalue weighted by atomic mass is 9.89. The Morgan fingerprint density at radius 2 is 1.92 bits per heavy atom. The maximum absolute atomic E-state index is 7.46. The minimum Gasteiger partial charge on any atom is -0.405 e. The van der Waals surface area contributed by atoms with Gasteiger partial charge in [-0.2, -0.15) is 0 Å². The standard InChI is InChI=1S/C11H22N2/c1-11(2,3)8-5-4-6-10(13)7-9-12/h7,9,13H,4-6,8,12H2,1-3H3/b9-7-,13-10?. The van der Waals surface area contributed by atoms with Crippen LogP contribution in [-0.2, 0) is 0 Å². The zero-order chi connectivity index (χ0) is 10.3. The molecule has 2 heteroatoms. The summed E-state index contributed by atoms with van der Waals surface area (Å²) >= 11 is 0. The Hall–Kier alpha value is -0.790. The average Bonchev–Trinajstić information content (AvgIpc) is 1.97. The third-order valence-electron chi connectivity index (χ3n) is 1.92. The van der Waals surface area contributed by atoms with Crippen LogP contribution >= 0.6 is 0 Å². The van der Waals surface area contributed by atoms with Gasteiger partial charge in [0.2, 0.25) is 0 Å². The predicted octanol–water partition coefficient (Wildman–Crippen LogP) is 3.09. The average molecular weight is 182 g/mol. The van der Waals surface area contributed by atoms with Crippen molar-refractivity contribution in [1.29, 1.82) is 5.41 Å². The Morgan fingerprint density at radius 3 is 2.38 bits per heavy atom. The van der Waals surface area contributed by atoms with Crippen molar-refractivity contribution in [3.8, 4) is 0 Å². The van der Waals surface area contributed by atoms with Crippen LogP contribution in [0.15, 0.2) is 12.3 Å². The zero-order valence-electron chi connectivity index (χ0n) is 9.06. The first kappa shape index (κ1) is 12.2. The minimum absolute atomic E-state index is 0.423. The van der Waals surface area contributed by atoms with Gasteiger partial charge in [-0.25, -0.2) is 0 Å². The second-order valence-electron chi connectivity index (χ2n) is 4.65. The Labute approximate surface area is 81.7 Å². The molecule has 76 valence electrons. The van der Waals surface area contributed by atoms with Gasteiger partial charge in [0.15, 0.2) is 0 Å². The van der Waals surface area contributed by atoms with Crippen LogP contribution in [-0.4, -0.2) is 5.71 Å². The van der Waals surface area contributed by atoms with Gasteiger partial charge in [-0.05, 0) is 37.0 Å². The van der Waals surface area contributed by atoms with Crippen molar-refractivity contribution < 1.29 is 0 Å². The van der Waals surface area contributed by atoms with E-state index in [1.165, 1.54) is 19.0 Å². The van der Waals surface area contributed by atoms with Crippen molar-refractivity contribution in [3.63, 3.8) is 0 Å². The number of nitrogens with two attached hydrogens (primary N) is 1. The van der Waals surface area contributed by atoms with Gasteiger partial charge in [-0.1, -0.05) is 27.2 Å². The first-order valence-corrected chi connectivity index (χ1v) is 4.91. The summed E-state index contributed by atoms with van der Waals surface area (Å²) in [6.45, 7) is 6.74. The quantitative estimate of drug-likeness (QED) is 0.498. The molecule has 0 aliphatic carbocycles. The third kappa shape index (κ3) is 9.12. The Morgan fingerprint density at radius 1 is 1.31 bits per heavy atom. The third-order valence-corrected chi connectivity index (χ3v) is 1.92. The van der Waals surface area contributed by atoms with E-state index in [0.717, 1.165) is 12.8 Å². The van der Waals surface area contributed by atoms with Crippen LogP contribution in [0.25, 0.3) is 0 Å². The van der Waals surface area contributed by atoms with Crippen LogP contribution in [0.5, 0.6) is 0 Å². The van der Waals surface area contributed by atoms with E-state index in [2.05, 4.69) is 20.8 Å². The normalized spacial score (nSPS) is 12.2. The van der Waals surface area contributed by atoms with Gasteiger partial charge in [-0.3, -0.25) is 0 Å². The molecule has 0 aromatic heterocycles. The fourth-order valence-corrected chi connectivity index (χ4v) is 1.17. The molecule has 0 heterocycles. The summed E-state index contributed by atoms with van der Waals surface area (Å²) in [4.78, 5) is 0. The van der Waals surface area contributed by atoms with Crippen molar-refractivity contribution >= 4 is 5.71 Å². The molecule has 0 radical (unpaired) electrons. The second-order valence-corrected chi connectivity index (χ2v) is 4.65. The molecule has 0 spiro atoms. The van der Waals surface area contributed by atoms with E-state index < -0.39 is 0 Å². The lowest BCUT2D eigenvalue weighted by molar-refractivity contribution is 0.362. The largest absolute Gasteiger partial charge is 0.405 e. The van der Waals surface area contributed by atoms with E-state index in [1.807, 2.05) is 0 Å². The molecule has 0 amide bonds. The summed E-state index contributed by atoms with van der Waals surface area (Å²) in [6, 6.07) is 0. The number of hydrogen-bond donors (Lipinski definition) is 2. The molecule has 0 bridgehead atoms. The lowest BCUT2D eigenvalue weighted by Gasteiger charge is -2.17. The smallest absolute Gasteiger partial charge is 0.0328 e. The van der Waals surface area contributed by atoms with E-state index in [1.54, 1.807) is 6.08 Å². The van der Waals surface area contributed by atoms with Crippen LogP contribution in [0.4, 0.5) is 0 Å². The zero-order valence-corrected chi connectivity index (χ0v) is 9.06. The Balaban J connectivity index is 3.41. The highest BCUT2D eigenvalue weighted by atomic mass is 14.5. The molecule has 0 aliphatic rings. The maximum atomic E-state index is 7.46. The molecule has 0 unspecified atom stereocenters. The van der Waals surface area contributed by atoms with Crippen LogP contribution in [0.2, 0.25) is 0 Å². The van der Waals surface area contributed by atoms with Crippen molar-refractivity contribution in [2.24, 2.45) is 11.1 Å². The summed E-state index contributed by atoms with van der Waals surface area (Å²) in [5, 5.41) is 7.46. The summed E-state index contributed by atoms with van der Waals surface area (Å²) in [5.74, 6) is 0. The lowest BCUT2D eigenvalue weighted by Crippen LogP contribution is -2.04. The van der Waals surface area contributed by atoms with Crippen molar-refractivity contribution in [2.75, 3.05) is 0 Å². The summed E-state index contributed by atoms with van der Waals surface area (Å²) in [7, 11) is 0. The van der Waals surface area contributed by atoms with E-state index in [0.29, 0.717) is 11.1 Å². The molecule has 2 nitrogen and oxygen atoms in total. The van der Waals surface area contributed by atoms with Crippen molar-refractivity contribution in [2.45, 2.75) is 46.5 Å². The predicted molar refractivity (Wildman–Crippen MR) is 59.0 cm³/mol. The Bertz CT molecular complexity index is 175. The number of hydrogen-bond acceptors (Lipinski definition) is 2. The maximum Gasteiger partial charge on any atom is 0.0328 e. The van der Waals surface area contributed by atoms with Gasteiger partial charge >= 0.3 is 0 Å². The van der Waals surface area contributed by atoms with Gasteiger partial charge in [0.25, 0.3) is 0 Å². The second kappa shape index (κ2) is 5.79.